The predicted molar refractivity (Wildman–Crippen MR) is 126 cm³/mol. The van der Waals surface area contributed by atoms with E-state index in [0.717, 1.165) is 30.0 Å². The van der Waals surface area contributed by atoms with E-state index in [2.05, 4.69) is 10.2 Å². The molecule has 1 saturated heterocycles. The van der Waals surface area contributed by atoms with Crippen LogP contribution < -0.4 is 15.8 Å². The molecule has 0 radical (unpaired) electrons. The van der Waals surface area contributed by atoms with Gasteiger partial charge in [0.15, 0.2) is 0 Å². The lowest BCUT2D eigenvalue weighted by Gasteiger charge is -2.34. The first-order chi connectivity index (χ1) is 15.2. The van der Waals surface area contributed by atoms with Gasteiger partial charge in [-0.05, 0) is 47.9 Å². The van der Waals surface area contributed by atoms with Crippen LogP contribution in [-0.4, -0.2) is 28.5 Å². The Morgan fingerprint density at radius 2 is 1.97 bits per heavy atom. The van der Waals surface area contributed by atoms with E-state index in [1.54, 1.807) is 15.9 Å². The van der Waals surface area contributed by atoms with Crippen LogP contribution in [0, 0.1) is 5.92 Å². The Bertz CT molecular complexity index is 1250. The molecule has 1 amide bonds. The first-order valence-corrected chi connectivity index (χ1v) is 12.1. The van der Waals surface area contributed by atoms with Crippen molar-refractivity contribution in [3.63, 3.8) is 0 Å². The van der Waals surface area contributed by atoms with Crippen molar-refractivity contribution in [3.8, 4) is 5.69 Å². The number of carbonyl (C=O) groups is 1. The quantitative estimate of drug-likeness (QED) is 0.498. The molecule has 158 valence electrons. The summed E-state index contributed by atoms with van der Waals surface area (Å²) < 4.78 is 2.33. The first-order valence-electron chi connectivity index (χ1n) is 10.3. The van der Waals surface area contributed by atoms with Gasteiger partial charge in [-0.1, -0.05) is 24.3 Å². The summed E-state index contributed by atoms with van der Waals surface area (Å²) in [7, 11) is 0. The van der Waals surface area contributed by atoms with Crippen LogP contribution in [-0.2, 0) is 11.3 Å². The molecule has 1 N–H and O–H groups in total. The lowest BCUT2D eigenvalue weighted by Crippen LogP contribution is -2.45. The molecule has 1 aromatic carbocycles. The van der Waals surface area contributed by atoms with Crippen LogP contribution in [0.4, 0.5) is 5.95 Å². The van der Waals surface area contributed by atoms with Crippen molar-refractivity contribution in [2.45, 2.75) is 19.4 Å². The molecule has 0 bridgehead atoms. The molecule has 4 heterocycles. The highest BCUT2D eigenvalue weighted by atomic mass is 32.1. The first kappa shape index (κ1) is 20.0. The van der Waals surface area contributed by atoms with Crippen molar-refractivity contribution < 1.29 is 4.79 Å². The predicted octanol–water partition coefficient (Wildman–Crippen LogP) is 4.04. The van der Waals surface area contributed by atoms with Gasteiger partial charge >= 0.3 is 0 Å². The number of fused-ring (bicyclic) bond motifs is 1. The summed E-state index contributed by atoms with van der Waals surface area (Å²) in [4.78, 5) is 34.2. The summed E-state index contributed by atoms with van der Waals surface area (Å²) in [5, 5.41) is 6.98. The normalized spacial score (nSPS) is 16.5. The van der Waals surface area contributed by atoms with E-state index in [1.807, 2.05) is 59.3 Å². The summed E-state index contributed by atoms with van der Waals surface area (Å²) >= 11 is 3.05. The Balaban J connectivity index is 1.45. The molecule has 5 rings (SSSR count). The average Bonchev–Trinajstić information content (AvgIpc) is 3.50. The van der Waals surface area contributed by atoms with Crippen molar-refractivity contribution in [3.05, 3.63) is 74.5 Å². The maximum Gasteiger partial charge on any atom is 0.277 e. The highest BCUT2D eigenvalue weighted by molar-refractivity contribution is 7.17. The maximum atomic E-state index is 13.3. The van der Waals surface area contributed by atoms with E-state index in [4.69, 9.17) is 4.98 Å². The van der Waals surface area contributed by atoms with Crippen LogP contribution in [0.2, 0.25) is 0 Å². The van der Waals surface area contributed by atoms with Gasteiger partial charge in [-0.25, -0.2) is 9.55 Å². The van der Waals surface area contributed by atoms with Crippen LogP contribution >= 0.6 is 22.7 Å². The Kier molecular flexibility index (Phi) is 5.57. The number of hydrogen-bond donors (Lipinski definition) is 1. The molecule has 1 aliphatic heterocycles. The van der Waals surface area contributed by atoms with Gasteiger partial charge in [0.2, 0.25) is 11.9 Å². The fraction of sp³-hybridized carbons (Fsp3) is 0.261. The maximum absolute atomic E-state index is 13.3. The van der Waals surface area contributed by atoms with Gasteiger partial charge in [-0.3, -0.25) is 9.59 Å². The molecular weight excluding hydrogens is 428 g/mol. The molecule has 0 spiro atoms. The fourth-order valence-electron chi connectivity index (χ4n) is 4.03. The number of rotatable bonds is 5. The third-order valence-corrected chi connectivity index (χ3v) is 7.34. The number of nitrogens with one attached hydrogen (secondary N) is 1. The molecule has 0 saturated carbocycles. The zero-order valence-electron chi connectivity index (χ0n) is 16.9. The number of para-hydroxylation sites is 1. The summed E-state index contributed by atoms with van der Waals surface area (Å²) in [6.07, 6.45) is 1.71. The number of amides is 1. The topological polar surface area (TPSA) is 67.2 Å². The Morgan fingerprint density at radius 1 is 1.10 bits per heavy atom. The number of benzene rings is 1. The van der Waals surface area contributed by atoms with E-state index < -0.39 is 0 Å². The van der Waals surface area contributed by atoms with E-state index in [0.29, 0.717) is 29.3 Å². The number of piperidine rings is 1. The van der Waals surface area contributed by atoms with E-state index in [1.165, 1.54) is 11.3 Å². The zero-order chi connectivity index (χ0) is 21.2. The average molecular weight is 451 g/mol. The minimum atomic E-state index is -0.131. The standard InChI is InChI=1S/C23H22N4O2S2/c28-21(24-14-18-9-5-12-30-18)16-6-4-11-26(15-16)23-25-19-10-13-31-20(19)22(29)27(23)17-7-2-1-3-8-17/h1-3,5,7-10,12-13,16H,4,6,11,14-15H2,(H,24,28)/t16-/m0/s1. The Hall–Kier alpha value is -2.97. The van der Waals surface area contributed by atoms with Crippen molar-refractivity contribution in [1.29, 1.82) is 0 Å². The summed E-state index contributed by atoms with van der Waals surface area (Å²) in [6, 6.07) is 15.5. The van der Waals surface area contributed by atoms with Crippen LogP contribution in [0.25, 0.3) is 15.9 Å². The molecule has 31 heavy (non-hydrogen) atoms. The Labute approximate surface area is 187 Å². The molecule has 1 fully saturated rings. The zero-order valence-corrected chi connectivity index (χ0v) is 18.5. The number of thiophene rings is 2. The van der Waals surface area contributed by atoms with Crippen molar-refractivity contribution in [2.24, 2.45) is 5.92 Å². The highest BCUT2D eigenvalue weighted by Gasteiger charge is 2.29. The van der Waals surface area contributed by atoms with Crippen LogP contribution in [0.1, 0.15) is 17.7 Å². The van der Waals surface area contributed by atoms with Crippen LogP contribution in [0.5, 0.6) is 0 Å². The molecule has 8 heteroatoms. The third-order valence-electron chi connectivity index (χ3n) is 5.57. The summed E-state index contributed by atoms with van der Waals surface area (Å²) in [6.45, 7) is 1.87. The lowest BCUT2D eigenvalue weighted by molar-refractivity contribution is -0.125. The SMILES string of the molecule is O=C(NCc1cccs1)[C@H]1CCCN(c2nc3ccsc3c(=O)n2-c2ccccc2)C1. The molecule has 0 aliphatic carbocycles. The van der Waals surface area contributed by atoms with Crippen molar-refractivity contribution in [2.75, 3.05) is 18.0 Å². The summed E-state index contributed by atoms with van der Waals surface area (Å²) in [5.41, 5.74) is 1.43. The number of aromatic nitrogens is 2. The van der Waals surface area contributed by atoms with Gasteiger partial charge in [0.25, 0.3) is 5.56 Å². The number of carbonyl (C=O) groups excluding carboxylic acids is 1. The second-order valence-corrected chi connectivity index (χ2v) is 9.55. The monoisotopic (exact) mass is 450 g/mol. The molecule has 4 aromatic rings. The van der Waals surface area contributed by atoms with E-state index in [-0.39, 0.29) is 17.4 Å². The second kappa shape index (κ2) is 8.64. The van der Waals surface area contributed by atoms with Crippen molar-refractivity contribution >= 4 is 44.7 Å². The number of nitrogens with zero attached hydrogens (tertiary/aromatic N) is 3. The lowest BCUT2D eigenvalue weighted by atomic mass is 9.97. The second-order valence-electron chi connectivity index (χ2n) is 7.61. The van der Waals surface area contributed by atoms with Gasteiger partial charge in [-0.2, -0.15) is 0 Å². The van der Waals surface area contributed by atoms with Crippen LogP contribution in [0.15, 0.2) is 64.1 Å². The van der Waals surface area contributed by atoms with Gasteiger partial charge < -0.3 is 10.2 Å². The number of anilines is 1. The van der Waals surface area contributed by atoms with E-state index in [9.17, 15) is 9.59 Å². The van der Waals surface area contributed by atoms with E-state index >= 15 is 0 Å². The smallest absolute Gasteiger partial charge is 0.277 e. The molecule has 6 nitrogen and oxygen atoms in total. The molecule has 3 aromatic heterocycles. The van der Waals surface area contributed by atoms with Gasteiger partial charge in [0.1, 0.15) is 4.70 Å². The van der Waals surface area contributed by atoms with Crippen LogP contribution in [0.3, 0.4) is 0 Å². The molecule has 1 atom stereocenters. The van der Waals surface area contributed by atoms with Gasteiger partial charge in [0, 0.05) is 18.0 Å². The summed E-state index contributed by atoms with van der Waals surface area (Å²) in [5.74, 6) is 0.536. The Morgan fingerprint density at radius 3 is 2.77 bits per heavy atom. The minimum absolute atomic E-state index is 0.0586. The highest BCUT2D eigenvalue weighted by Crippen LogP contribution is 2.26. The molecule has 0 unspecified atom stereocenters. The van der Waals surface area contributed by atoms with Crippen molar-refractivity contribution in [1.82, 2.24) is 14.9 Å². The largest absolute Gasteiger partial charge is 0.351 e. The molecule has 1 aliphatic rings. The minimum Gasteiger partial charge on any atom is -0.351 e. The van der Waals surface area contributed by atoms with Gasteiger partial charge in [0.05, 0.1) is 23.7 Å². The fourth-order valence-corrected chi connectivity index (χ4v) is 5.43. The van der Waals surface area contributed by atoms with Gasteiger partial charge in [-0.15, -0.1) is 22.7 Å². The molecular formula is C23H22N4O2S2. The number of hydrogen-bond acceptors (Lipinski definition) is 6. The third kappa shape index (κ3) is 4.00.